The summed E-state index contributed by atoms with van der Waals surface area (Å²) < 4.78 is 0. The molecule has 204 valence electrons. The van der Waals surface area contributed by atoms with E-state index in [1.807, 2.05) is 6.92 Å². The molecule has 14 nitrogen and oxygen atoms in total. The maximum Gasteiger partial charge on any atom is 0.326 e. The number of amides is 4. The molecule has 36 heavy (non-hydrogen) atoms. The van der Waals surface area contributed by atoms with E-state index in [0.29, 0.717) is 32.2 Å². The maximum atomic E-state index is 13.1. The fourth-order valence-electron chi connectivity index (χ4n) is 3.91. The number of carboxylic acids is 1. The lowest BCUT2D eigenvalue weighted by Crippen LogP contribution is -2.58. The van der Waals surface area contributed by atoms with Crippen LogP contribution in [-0.2, 0) is 24.0 Å². The molecule has 1 aliphatic heterocycles. The third kappa shape index (κ3) is 9.68. The van der Waals surface area contributed by atoms with Gasteiger partial charge in [0.2, 0.25) is 23.6 Å². The minimum absolute atomic E-state index is 0.0510. The molecular weight excluding hydrogens is 472 g/mol. The molecule has 0 spiro atoms. The van der Waals surface area contributed by atoms with Crippen LogP contribution >= 0.6 is 0 Å². The molecule has 5 unspecified atom stereocenters. The van der Waals surface area contributed by atoms with E-state index < -0.39 is 53.8 Å². The average Bonchev–Trinajstić information content (AvgIpc) is 3.31. The van der Waals surface area contributed by atoms with Crippen LogP contribution in [0.25, 0.3) is 0 Å². The number of aliphatic carboxylic acids is 1. The van der Waals surface area contributed by atoms with Crippen molar-refractivity contribution in [3.8, 4) is 0 Å². The number of primary amides is 1. The number of carbonyl (C=O) groups is 5. The van der Waals surface area contributed by atoms with E-state index in [1.165, 1.54) is 4.90 Å². The number of aliphatic imine (C=N–C) groups is 1. The Morgan fingerprint density at radius 2 is 1.78 bits per heavy atom. The number of nitrogens with zero attached hydrogens (tertiary/aromatic N) is 2. The van der Waals surface area contributed by atoms with E-state index in [0.717, 1.165) is 0 Å². The Morgan fingerprint density at radius 1 is 1.11 bits per heavy atom. The highest BCUT2D eigenvalue weighted by atomic mass is 16.4. The van der Waals surface area contributed by atoms with Gasteiger partial charge in [-0.2, -0.15) is 0 Å². The number of hydrogen-bond acceptors (Lipinski definition) is 7. The van der Waals surface area contributed by atoms with Crippen LogP contribution in [0.2, 0.25) is 0 Å². The van der Waals surface area contributed by atoms with Gasteiger partial charge >= 0.3 is 5.97 Å². The number of nitrogens with two attached hydrogens (primary N) is 4. The largest absolute Gasteiger partial charge is 0.480 e. The van der Waals surface area contributed by atoms with Gasteiger partial charge in [0.25, 0.3) is 0 Å². The topological polar surface area (TPSA) is 249 Å². The summed E-state index contributed by atoms with van der Waals surface area (Å²) in [5.74, 6) is -3.85. The van der Waals surface area contributed by atoms with Crippen LogP contribution in [0.4, 0.5) is 0 Å². The van der Waals surface area contributed by atoms with Crippen LogP contribution in [0.15, 0.2) is 4.99 Å². The van der Waals surface area contributed by atoms with Crippen molar-refractivity contribution in [2.45, 2.75) is 83.0 Å². The molecule has 0 aliphatic carbocycles. The zero-order chi connectivity index (χ0) is 27.4. The van der Waals surface area contributed by atoms with E-state index in [9.17, 15) is 29.1 Å². The molecule has 0 bridgehead atoms. The standard InChI is InChI=1S/C22H40N8O6/c1-3-12(2)17(19(33)28-14(21(35)36)6-4-10-27-22(25)26)29-18(32)15-7-5-11-30(15)20(34)13(23)8-9-16(24)31/h12-15,17H,3-11,23H2,1-2H3,(H2,24,31)(H,28,33)(H,29,32)(H,35,36)(H4,25,26,27). The summed E-state index contributed by atoms with van der Waals surface area (Å²) in [7, 11) is 0. The Balaban J connectivity index is 2.88. The normalized spacial score (nSPS) is 18.4. The van der Waals surface area contributed by atoms with Crippen LogP contribution in [0.1, 0.15) is 58.8 Å². The van der Waals surface area contributed by atoms with Crippen molar-refractivity contribution in [2.75, 3.05) is 13.1 Å². The third-order valence-corrected chi connectivity index (χ3v) is 6.21. The molecule has 0 aromatic rings. The first-order chi connectivity index (χ1) is 16.9. The summed E-state index contributed by atoms with van der Waals surface area (Å²) in [5.41, 5.74) is 21.5. The van der Waals surface area contributed by atoms with Crippen LogP contribution < -0.4 is 33.6 Å². The predicted octanol–water partition coefficient (Wildman–Crippen LogP) is -2.28. The second-order valence-corrected chi connectivity index (χ2v) is 9.02. The number of carboxylic acid groups (broad SMARTS) is 1. The van der Waals surface area contributed by atoms with Crippen molar-refractivity contribution in [1.82, 2.24) is 15.5 Å². The molecule has 0 radical (unpaired) electrons. The molecule has 1 rings (SSSR count). The Kier molecular flexibility index (Phi) is 12.6. The molecule has 1 fully saturated rings. The third-order valence-electron chi connectivity index (χ3n) is 6.21. The first-order valence-electron chi connectivity index (χ1n) is 12.1. The summed E-state index contributed by atoms with van der Waals surface area (Å²) in [6.07, 6.45) is 1.92. The van der Waals surface area contributed by atoms with Gasteiger partial charge < -0.3 is 43.6 Å². The second-order valence-electron chi connectivity index (χ2n) is 9.02. The monoisotopic (exact) mass is 512 g/mol. The highest BCUT2D eigenvalue weighted by Gasteiger charge is 2.38. The molecule has 1 aliphatic rings. The zero-order valence-corrected chi connectivity index (χ0v) is 20.9. The Bertz CT molecular complexity index is 831. The molecule has 11 N–H and O–H groups in total. The molecule has 0 saturated carbocycles. The summed E-state index contributed by atoms with van der Waals surface area (Å²) in [5, 5.41) is 14.7. The van der Waals surface area contributed by atoms with Crippen LogP contribution in [0, 0.1) is 5.92 Å². The number of guanidine groups is 1. The van der Waals surface area contributed by atoms with Gasteiger partial charge in [-0.15, -0.1) is 0 Å². The van der Waals surface area contributed by atoms with Gasteiger partial charge in [0.05, 0.1) is 6.04 Å². The molecule has 1 saturated heterocycles. The predicted molar refractivity (Wildman–Crippen MR) is 132 cm³/mol. The van der Waals surface area contributed by atoms with Gasteiger partial charge in [0.1, 0.15) is 18.1 Å². The van der Waals surface area contributed by atoms with Crippen LogP contribution in [-0.4, -0.2) is 82.8 Å². The molecule has 1 heterocycles. The molecule has 5 atom stereocenters. The Morgan fingerprint density at radius 3 is 2.33 bits per heavy atom. The fraction of sp³-hybridized carbons (Fsp3) is 0.727. The van der Waals surface area contributed by atoms with Crippen molar-refractivity contribution in [3.63, 3.8) is 0 Å². The smallest absolute Gasteiger partial charge is 0.326 e. The van der Waals surface area contributed by atoms with Crippen molar-refractivity contribution in [1.29, 1.82) is 0 Å². The Hall–Kier alpha value is -3.42. The quantitative estimate of drug-likeness (QED) is 0.0708. The lowest BCUT2D eigenvalue weighted by atomic mass is 9.97. The van der Waals surface area contributed by atoms with Crippen molar-refractivity contribution < 1.29 is 29.1 Å². The van der Waals surface area contributed by atoms with Gasteiger partial charge in [-0.1, -0.05) is 20.3 Å². The molecule has 0 aromatic heterocycles. The van der Waals surface area contributed by atoms with Gasteiger partial charge in [0, 0.05) is 19.5 Å². The summed E-state index contributed by atoms with van der Waals surface area (Å²) >= 11 is 0. The molecule has 14 heteroatoms. The number of carbonyl (C=O) groups excluding carboxylic acids is 4. The average molecular weight is 513 g/mol. The number of hydrogen-bond donors (Lipinski definition) is 7. The minimum atomic E-state index is -1.22. The maximum absolute atomic E-state index is 13.1. The number of nitrogens with one attached hydrogen (secondary N) is 2. The van der Waals surface area contributed by atoms with Crippen LogP contribution in [0.3, 0.4) is 0 Å². The molecule has 0 aromatic carbocycles. The van der Waals surface area contributed by atoms with Crippen molar-refractivity contribution in [2.24, 2.45) is 33.8 Å². The lowest BCUT2D eigenvalue weighted by molar-refractivity contribution is -0.143. The van der Waals surface area contributed by atoms with E-state index in [-0.39, 0.29) is 37.7 Å². The lowest BCUT2D eigenvalue weighted by Gasteiger charge is -2.30. The summed E-state index contributed by atoms with van der Waals surface area (Å²) in [4.78, 5) is 66.7. The Labute approximate surface area is 210 Å². The fourth-order valence-corrected chi connectivity index (χ4v) is 3.91. The summed E-state index contributed by atoms with van der Waals surface area (Å²) in [6.45, 7) is 4.12. The van der Waals surface area contributed by atoms with Crippen LogP contribution in [0.5, 0.6) is 0 Å². The zero-order valence-electron chi connectivity index (χ0n) is 20.9. The van der Waals surface area contributed by atoms with Gasteiger partial charge in [0.15, 0.2) is 5.96 Å². The van der Waals surface area contributed by atoms with E-state index in [2.05, 4.69) is 15.6 Å². The van der Waals surface area contributed by atoms with E-state index >= 15 is 0 Å². The van der Waals surface area contributed by atoms with Gasteiger partial charge in [-0.3, -0.25) is 24.2 Å². The van der Waals surface area contributed by atoms with Gasteiger partial charge in [-0.05, 0) is 38.0 Å². The number of likely N-dealkylation sites (tertiary alicyclic amines) is 1. The second kappa shape index (κ2) is 14.9. The minimum Gasteiger partial charge on any atom is -0.480 e. The molecular formula is C22H40N8O6. The SMILES string of the molecule is CCC(C)C(NC(=O)C1CCCN1C(=O)C(N)CCC(N)=O)C(=O)NC(CCCN=C(N)N)C(=O)O. The van der Waals surface area contributed by atoms with E-state index in [1.54, 1.807) is 6.92 Å². The first-order valence-corrected chi connectivity index (χ1v) is 12.1. The highest BCUT2D eigenvalue weighted by molar-refractivity contribution is 5.94. The highest BCUT2D eigenvalue weighted by Crippen LogP contribution is 2.20. The van der Waals surface area contributed by atoms with E-state index in [4.69, 9.17) is 22.9 Å². The van der Waals surface area contributed by atoms with Crippen molar-refractivity contribution >= 4 is 35.6 Å². The summed E-state index contributed by atoms with van der Waals surface area (Å²) in [6, 6.07) is -4.01. The first kappa shape index (κ1) is 30.6. The molecule has 4 amide bonds. The number of rotatable bonds is 15. The van der Waals surface area contributed by atoms with Gasteiger partial charge in [-0.25, -0.2) is 4.79 Å². The van der Waals surface area contributed by atoms with Crippen molar-refractivity contribution in [3.05, 3.63) is 0 Å².